The molecule has 1 aliphatic carbocycles. The van der Waals surface area contributed by atoms with Gasteiger partial charge < -0.3 is 14.9 Å². The molecule has 38 heavy (non-hydrogen) atoms. The van der Waals surface area contributed by atoms with E-state index in [4.69, 9.17) is 4.74 Å². The first-order valence-electron chi connectivity index (χ1n) is 13.8. The molecule has 1 saturated carbocycles. The van der Waals surface area contributed by atoms with Crippen LogP contribution in [0.4, 0.5) is 0 Å². The molecule has 1 aliphatic heterocycles. The quantitative estimate of drug-likeness (QED) is 0.271. The van der Waals surface area contributed by atoms with Gasteiger partial charge in [0.05, 0.1) is 0 Å². The van der Waals surface area contributed by atoms with Crippen molar-refractivity contribution in [2.45, 2.75) is 44.9 Å². The van der Waals surface area contributed by atoms with Crippen LogP contribution in [0, 0.1) is 5.41 Å². The number of likely N-dealkylation sites (tertiary alicyclic amines) is 1. The molecule has 0 unspecified atom stereocenters. The highest BCUT2D eigenvalue weighted by Crippen LogP contribution is 2.45. The Hall–Kier alpha value is -2.79. The molecule has 1 saturated heterocycles. The van der Waals surface area contributed by atoms with E-state index in [2.05, 4.69) is 53.4 Å². The third-order valence-corrected chi connectivity index (χ3v) is 8.17. The fraction of sp³-hybridized carbons (Fsp3) is 0.394. The summed E-state index contributed by atoms with van der Waals surface area (Å²) < 4.78 is 6.16. The predicted octanol–water partition coefficient (Wildman–Crippen LogP) is 7.19. The van der Waals surface area contributed by atoms with Crippen LogP contribution in [-0.4, -0.2) is 48.0 Å². The second-order valence-corrected chi connectivity index (χ2v) is 10.7. The minimum atomic E-state index is 0. The van der Waals surface area contributed by atoms with E-state index >= 15 is 0 Å². The number of aliphatic hydroxyl groups excluding tert-OH is 1. The van der Waals surface area contributed by atoms with E-state index < -0.39 is 0 Å². The van der Waals surface area contributed by atoms with Crippen molar-refractivity contribution in [2.75, 3.05) is 32.8 Å². The van der Waals surface area contributed by atoms with Gasteiger partial charge in [0, 0.05) is 19.7 Å². The van der Waals surface area contributed by atoms with Gasteiger partial charge >= 0.3 is 0 Å². The Morgan fingerprint density at radius 2 is 1.47 bits per heavy atom. The summed E-state index contributed by atoms with van der Waals surface area (Å²) in [6.07, 6.45) is 8.43. The summed E-state index contributed by atoms with van der Waals surface area (Å²) in [6, 6.07) is 26.1. The lowest BCUT2D eigenvalue weighted by atomic mass is 9.86. The number of aliphatic hydroxyl groups is 1. The van der Waals surface area contributed by atoms with E-state index in [1.54, 1.807) is 12.1 Å². The van der Waals surface area contributed by atoms with Crippen LogP contribution in [0.15, 0.2) is 78.9 Å². The minimum Gasteiger partial charge on any atom is -0.508 e. The van der Waals surface area contributed by atoms with Crippen molar-refractivity contribution in [3.8, 4) is 11.5 Å². The zero-order chi connectivity index (χ0) is 25.5. The third kappa shape index (κ3) is 6.79. The molecule has 4 nitrogen and oxygen atoms in total. The van der Waals surface area contributed by atoms with Crippen molar-refractivity contribution in [1.82, 2.24) is 4.90 Å². The van der Waals surface area contributed by atoms with Gasteiger partial charge in [-0.25, -0.2) is 0 Å². The van der Waals surface area contributed by atoms with Crippen LogP contribution in [-0.2, 0) is 0 Å². The fourth-order valence-corrected chi connectivity index (χ4v) is 6.21. The largest absolute Gasteiger partial charge is 0.508 e. The molecule has 202 valence electrons. The van der Waals surface area contributed by atoms with Crippen LogP contribution in [0.3, 0.4) is 0 Å². The van der Waals surface area contributed by atoms with Crippen molar-refractivity contribution in [2.24, 2.45) is 5.41 Å². The maximum Gasteiger partial charge on any atom is 0.119 e. The number of rotatable bonds is 10. The van der Waals surface area contributed by atoms with Gasteiger partial charge in [-0.3, -0.25) is 4.90 Å². The zero-order valence-electron chi connectivity index (χ0n) is 22.1. The first-order valence-corrected chi connectivity index (χ1v) is 13.8. The van der Waals surface area contributed by atoms with Gasteiger partial charge in [0.1, 0.15) is 18.1 Å². The molecule has 1 heterocycles. The number of aromatic hydroxyl groups is 1. The second-order valence-electron chi connectivity index (χ2n) is 10.7. The Labute approximate surface area is 233 Å². The number of allylic oxidation sites excluding steroid dienone is 1. The molecule has 0 aromatic heterocycles. The Kier molecular flexibility index (Phi) is 9.90. The van der Waals surface area contributed by atoms with Crippen LogP contribution in [0.1, 0.15) is 61.6 Å². The maximum absolute atomic E-state index is 9.89. The lowest BCUT2D eigenvalue weighted by molar-refractivity contribution is 0.213. The van der Waals surface area contributed by atoms with Gasteiger partial charge in [-0.15, -0.1) is 12.4 Å². The third-order valence-electron chi connectivity index (χ3n) is 8.17. The molecule has 2 N–H and O–H groups in total. The molecule has 5 heteroatoms. The number of hydrogen-bond acceptors (Lipinski definition) is 4. The SMILES string of the molecule is Cl.OCCC/C(=C(\c1ccc(O)cc1)c1ccc(OCCN2CCC3(CCCC3)C2)cc1)c1ccccc1. The first kappa shape index (κ1) is 28.2. The van der Waals surface area contributed by atoms with Crippen molar-refractivity contribution in [3.63, 3.8) is 0 Å². The number of phenols is 1. The van der Waals surface area contributed by atoms with Gasteiger partial charge in [0.15, 0.2) is 0 Å². The molecule has 3 aromatic rings. The molecule has 2 aliphatic rings. The van der Waals surface area contributed by atoms with Gasteiger partial charge in [0.2, 0.25) is 0 Å². The van der Waals surface area contributed by atoms with Crippen LogP contribution < -0.4 is 4.74 Å². The molecule has 0 atom stereocenters. The average molecular weight is 534 g/mol. The monoisotopic (exact) mass is 533 g/mol. The van der Waals surface area contributed by atoms with E-state index in [0.29, 0.717) is 18.4 Å². The summed E-state index contributed by atoms with van der Waals surface area (Å²) >= 11 is 0. The van der Waals surface area contributed by atoms with Gasteiger partial charge in [-0.1, -0.05) is 67.4 Å². The summed E-state index contributed by atoms with van der Waals surface area (Å²) in [5.74, 6) is 1.14. The molecule has 0 bridgehead atoms. The van der Waals surface area contributed by atoms with Crippen molar-refractivity contribution >= 4 is 23.6 Å². The highest BCUT2D eigenvalue weighted by atomic mass is 35.5. The molecule has 2 fully saturated rings. The number of nitrogens with zero attached hydrogens (tertiary/aromatic N) is 1. The Morgan fingerprint density at radius 1 is 0.816 bits per heavy atom. The Morgan fingerprint density at radius 3 is 2.13 bits per heavy atom. The summed E-state index contributed by atoms with van der Waals surface area (Å²) in [7, 11) is 0. The number of benzene rings is 3. The fourth-order valence-electron chi connectivity index (χ4n) is 6.21. The highest BCUT2D eigenvalue weighted by molar-refractivity contribution is 5.98. The van der Waals surface area contributed by atoms with Crippen LogP contribution in [0.25, 0.3) is 11.1 Å². The molecular formula is C33H40ClNO3. The lowest BCUT2D eigenvalue weighted by Gasteiger charge is -2.23. The van der Waals surface area contributed by atoms with Gasteiger partial charge in [0.25, 0.3) is 0 Å². The topological polar surface area (TPSA) is 52.9 Å². The molecule has 0 amide bonds. The minimum absolute atomic E-state index is 0. The van der Waals surface area contributed by atoms with Gasteiger partial charge in [-0.2, -0.15) is 0 Å². The Balaban J connectivity index is 0.00000336. The number of ether oxygens (including phenoxy) is 1. The number of phenolic OH excluding ortho intramolecular Hbond substituents is 1. The smallest absolute Gasteiger partial charge is 0.119 e. The lowest BCUT2D eigenvalue weighted by Crippen LogP contribution is -2.29. The van der Waals surface area contributed by atoms with Crippen LogP contribution >= 0.6 is 12.4 Å². The normalized spacial score (nSPS) is 17.3. The van der Waals surface area contributed by atoms with Crippen LogP contribution in [0.5, 0.6) is 11.5 Å². The predicted molar refractivity (Wildman–Crippen MR) is 158 cm³/mol. The van der Waals surface area contributed by atoms with Crippen molar-refractivity contribution in [3.05, 3.63) is 95.6 Å². The van der Waals surface area contributed by atoms with E-state index in [1.807, 2.05) is 18.2 Å². The number of hydrogen-bond donors (Lipinski definition) is 2. The summed E-state index contributed by atoms with van der Waals surface area (Å²) in [4.78, 5) is 2.58. The second kappa shape index (κ2) is 13.3. The average Bonchev–Trinajstić information content (AvgIpc) is 3.57. The summed E-state index contributed by atoms with van der Waals surface area (Å²) in [6.45, 7) is 4.29. The summed E-state index contributed by atoms with van der Waals surface area (Å²) in [5, 5.41) is 19.5. The Bertz CT molecular complexity index is 1170. The van der Waals surface area contributed by atoms with Crippen molar-refractivity contribution < 1.29 is 14.9 Å². The van der Waals surface area contributed by atoms with Crippen molar-refractivity contribution in [1.29, 1.82) is 0 Å². The summed E-state index contributed by atoms with van der Waals surface area (Å²) in [5.41, 5.74) is 6.18. The van der Waals surface area contributed by atoms with Crippen LogP contribution in [0.2, 0.25) is 0 Å². The highest BCUT2D eigenvalue weighted by Gasteiger charge is 2.39. The van der Waals surface area contributed by atoms with E-state index in [1.165, 1.54) is 50.8 Å². The molecular weight excluding hydrogens is 494 g/mol. The standard InChI is InChI=1S/C33H39NO3.ClH/c35-23-6-9-31(26-7-2-1-3-8-26)32(27-10-14-29(36)15-11-27)28-12-16-30(17-13-28)37-24-22-34-21-20-33(25-34)18-4-5-19-33;/h1-3,7-8,10-17,35-36H,4-6,9,18-25H2;1H/b32-31-;. The zero-order valence-corrected chi connectivity index (χ0v) is 23.0. The maximum atomic E-state index is 9.89. The molecule has 3 aromatic carbocycles. The van der Waals surface area contributed by atoms with E-state index in [9.17, 15) is 10.2 Å². The number of halogens is 1. The van der Waals surface area contributed by atoms with Gasteiger partial charge in [-0.05, 0) is 96.2 Å². The van der Waals surface area contributed by atoms with E-state index in [-0.39, 0.29) is 24.8 Å². The molecule has 5 rings (SSSR count). The first-order chi connectivity index (χ1) is 18.2. The van der Waals surface area contributed by atoms with E-state index in [0.717, 1.165) is 41.0 Å². The molecule has 1 spiro atoms. The molecule has 0 radical (unpaired) electrons.